The van der Waals surface area contributed by atoms with Crippen LogP contribution in [-0.2, 0) is 14.4 Å². The van der Waals surface area contributed by atoms with Gasteiger partial charge in [0.15, 0.2) is 0 Å². The number of aliphatic carboxylic acids is 1. The maximum Gasteiger partial charge on any atom is 0.305 e. The van der Waals surface area contributed by atoms with Gasteiger partial charge < -0.3 is 15.7 Å². The molecule has 1 aromatic rings. The SMILES string of the molecule is CCC(CC)(CC(=O)O)NC(=O)CSCC(=O)Nc1ccc(C)cc1. The molecule has 0 spiro atoms. The van der Waals surface area contributed by atoms with Gasteiger partial charge in [0.25, 0.3) is 0 Å². The lowest BCUT2D eigenvalue weighted by Gasteiger charge is -2.31. The van der Waals surface area contributed by atoms with Gasteiger partial charge in [0.05, 0.1) is 17.9 Å². The van der Waals surface area contributed by atoms with Gasteiger partial charge in [-0.1, -0.05) is 31.5 Å². The van der Waals surface area contributed by atoms with Gasteiger partial charge in [-0.15, -0.1) is 11.8 Å². The third-order valence-corrected chi connectivity index (χ3v) is 4.98. The number of amides is 2. The molecule has 1 aromatic carbocycles. The number of rotatable bonds is 10. The van der Waals surface area contributed by atoms with Gasteiger partial charge in [0.1, 0.15) is 0 Å². The lowest BCUT2D eigenvalue weighted by molar-refractivity contribution is -0.139. The van der Waals surface area contributed by atoms with E-state index in [2.05, 4.69) is 10.6 Å². The molecule has 25 heavy (non-hydrogen) atoms. The Kier molecular flexibility index (Phi) is 8.48. The molecule has 0 bridgehead atoms. The van der Waals surface area contributed by atoms with Crippen molar-refractivity contribution >= 4 is 35.2 Å². The largest absolute Gasteiger partial charge is 0.481 e. The van der Waals surface area contributed by atoms with Crippen LogP contribution in [0.2, 0.25) is 0 Å². The molecule has 0 heterocycles. The van der Waals surface area contributed by atoms with Crippen LogP contribution < -0.4 is 10.6 Å². The lowest BCUT2D eigenvalue weighted by Crippen LogP contribution is -2.49. The zero-order chi connectivity index (χ0) is 18.9. The molecular formula is C18H26N2O4S. The number of hydrogen-bond acceptors (Lipinski definition) is 4. The molecule has 7 heteroatoms. The second-order valence-electron chi connectivity index (χ2n) is 6.01. The van der Waals surface area contributed by atoms with Crippen molar-refractivity contribution in [2.75, 3.05) is 16.8 Å². The summed E-state index contributed by atoms with van der Waals surface area (Å²) in [4.78, 5) is 35.0. The number of carboxylic acids is 1. The molecule has 1 rings (SSSR count). The fourth-order valence-electron chi connectivity index (χ4n) is 2.41. The normalized spacial score (nSPS) is 11.0. The quantitative estimate of drug-likeness (QED) is 0.592. The first-order valence-electron chi connectivity index (χ1n) is 8.27. The topological polar surface area (TPSA) is 95.5 Å². The van der Waals surface area contributed by atoms with Gasteiger partial charge in [-0.05, 0) is 31.9 Å². The van der Waals surface area contributed by atoms with Crippen LogP contribution in [0.15, 0.2) is 24.3 Å². The van der Waals surface area contributed by atoms with E-state index >= 15 is 0 Å². The van der Waals surface area contributed by atoms with E-state index < -0.39 is 11.5 Å². The summed E-state index contributed by atoms with van der Waals surface area (Å²) < 4.78 is 0. The van der Waals surface area contributed by atoms with Crippen LogP contribution in [0.4, 0.5) is 5.69 Å². The Morgan fingerprint density at radius 1 is 1.04 bits per heavy atom. The predicted octanol–water partition coefficient (Wildman–Crippen LogP) is 2.82. The average molecular weight is 366 g/mol. The highest BCUT2D eigenvalue weighted by atomic mass is 32.2. The zero-order valence-electron chi connectivity index (χ0n) is 14.9. The summed E-state index contributed by atoms with van der Waals surface area (Å²) >= 11 is 1.20. The summed E-state index contributed by atoms with van der Waals surface area (Å²) in [7, 11) is 0. The number of benzene rings is 1. The fourth-order valence-corrected chi connectivity index (χ4v) is 3.03. The van der Waals surface area contributed by atoms with E-state index in [0.29, 0.717) is 12.8 Å². The molecule has 0 aliphatic heterocycles. The van der Waals surface area contributed by atoms with Crippen molar-refractivity contribution in [3.63, 3.8) is 0 Å². The Morgan fingerprint density at radius 3 is 2.12 bits per heavy atom. The standard InChI is InChI=1S/C18H26N2O4S/c1-4-18(5-2,10-17(23)24)20-16(22)12-25-11-15(21)19-14-8-6-13(3)7-9-14/h6-9H,4-5,10-12H2,1-3H3,(H,19,21)(H,20,22)(H,23,24). The molecule has 0 unspecified atom stereocenters. The van der Waals surface area contributed by atoms with Gasteiger partial charge in [0.2, 0.25) is 11.8 Å². The molecule has 0 aliphatic rings. The maximum atomic E-state index is 12.1. The van der Waals surface area contributed by atoms with Gasteiger partial charge in [-0.2, -0.15) is 0 Å². The monoisotopic (exact) mass is 366 g/mol. The van der Waals surface area contributed by atoms with Gasteiger partial charge in [0, 0.05) is 11.2 Å². The van der Waals surface area contributed by atoms with Gasteiger partial charge >= 0.3 is 5.97 Å². The number of hydrogen-bond donors (Lipinski definition) is 3. The van der Waals surface area contributed by atoms with Crippen molar-refractivity contribution in [1.82, 2.24) is 5.32 Å². The number of anilines is 1. The van der Waals surface area contributed by atoms with Crippen molar-refractivity contribution in [2.24, 2.45) is 0 Å². The second-order valence-corrected chi connectivity index (χ2v) is 7.00. The number of carbonyl (C=O) groups excluding carboxylic acids is 2. The van der Waals surface area contributed by atoms with Crippen molar-refractivity contribution < 1.29 is 19.5 Å². The maximum absolute atomic E-state index is 12.1. The summed E-state index contributed by atoms with van der Waals surface area (Å²) in [6.45, 7) is 5.68. The van der Waals surface area contributed by atoms with E-state index in [9.17, 15) is 14.4 Å². The summed E-state index contributed by atoms with van der Waals surface area (Å²) in [5.74, 6) is -1.09. The van der Waals surface area contributed by atoms with Crippen LogP contribution in [0.3, 0.4) is 0 Å². The molecule has 6 nitrogen and oxygen atoms in total. The summed E-state index contributed by atoms with van der Waals surface area (Å²) in [6.07, 6.45) is 0.977. The van der Waals surface area contributed by atoms with E-state index in [-0.39, 0.29) is 29.7 Å². The third-order valence-electron chi connectivity index (χ3n) is 4.05. The highest BCUT2D eigenvalue weighted by molar-refractivity contribution is 8.00. The first-order valence-corrected chi connectivity index (χ1v) is 9.42. The smallest absolute Gasteiger partial charge is 0.305 e. The summed E-state index contributed by atoms with van der Waals surface area (Å²) in [5.41, 5.74) is 1.10. The van der Waals surface area contributed by atoms with E-state index in [0.717, 1.165) is 11.3 Å². The average Bonchev–Trinajstić information content (AvgIpc) is 2.55. The Bertz CT molecular complexity index is 598. The first-order chi connectivity index (χ1) is 11.8. The van der Waals surface area contributed by atoms with E-state index in [1.165, 1.54) is 11.8 Å². The van der Waals surface area contributed by atoms with E-state index in [1.807, 2.05) is 45.0 Å². The molecule has 2 amide bonds. The van der Waals surface area contributed by atoms with Crippen LogP contribution in [0.1, 0.15) is 38.7 Å². The number of nitrogens with one attached hydrogen (secondary N) is 2. The van der Waals surface area contributed by atoms with Crippen LogP contribution in [-0.4, -0.2) is 39.9 Å². The fraction of sp³-hybridized carbons (Fsp3) is 0.500. The molecule has 0 saturated carbocycles. The Hall–Kier alpha value is -2.02. The Morgan fingerprint density at radius 2 is 1.60 bits per heavy atom. The Labute approximate surface area is 152 Å². The van der Waals surface area contributed by atoms with Crippen LogP contribution in [0, 0.1) is 6.92 Å². The Balaban J connectivity index is 2.41. The van der Waals surface area contributed by atoms with E-state index in [4.69, 9.17) is 5.11 Å². The highest BCUT2D eigenvalue weighted by Gasteiger charge is 2.30. The van der Waals surface area contributed by atoms with Crippen molar-refractivity contribution in [3.8, 4) is 0 Å². The molecule has 0 radical (unpaired) electrons. The van der Waals surface area contributed by atoms with Gasteiger partial charge in [-0.3, -0.25) is 14.4 Å². The zero-order valence-corrected chi connectivity index (χ0v) is 15.7. The molecule has 0 atom stereocenters. The second kappa shape index (κ2) is 10.1. The molecule has 0 aromatic heterocycles. The number of aryl methyl sites for hydroxylation is 1. The van der Waals surface area contributed by atoms with Crippen molar-refractivity contribution in [2.45, 2.75) is 45.6 Å². The molecular weight excluding hydrogens is 340 g/mol. The van der Waals surface area contributed by atoms with Crippen LogP contribution in [0.25, 0.3) is 0 Å². The van der Waals surface area contributed by atoms with Crippen molar-refractivity contribution in [1.29, 1.82) is 0 Å². The summed E-state index contributed by atoms with van der Waals surface area (Å²) in [5, 5.41) is 14.6. The summed E-state index contributed by atoms with van der Waals surface area (Å²) in [6, 6.07) is 7.47. The molecule has 0 aliphatic carbocycles. The number of carbonyl (C=O) groups is 3. The first kappa shape index (κ1) is 21.0. The molecule has 0 fully saturated rings. The minimum atomic E-state index is -0.936. The van der Waals surface area contributed by atoms with Crippen LogP contribution >= 0.6 is 11.8 Å². The minimum absolute atomic E-state index is 0.107. The van der Waals surface area contributed by atoms with Crippen molar-refractivity contribution in [3.05, 3.63) is 29.8 Å². The molecule has 3 N–H and O–H groups in total. The lowest BCUT2D eigenvalue weighted by atomic mass is 9.89. The third kappa shape index (κ3) is 7.60. The predicted molar refractivity (Wildman–Crippen MR) is 101 cm³/mol. The van der Waals surface area contributed by atoms with Gasteiger partial charge in [-0.25, -0.2) is 0 Å². The highest BCUT2D eigenvalue weighted by Crippen LogP contribution is 2.20. The molecule has 0 saturated heterocycles. The number of thioether (sulfide) groups is 1. The van der Waals surface area contributed by atoms with Crippen LogP contribution in [0.5, 0.6) is 0 Å². The number of carboxylic acid groups (broad SMARTS) is 1. The minimum Gasteiger partial charge on any atom is -0.481 e. The van der Waals surface area contributed by atoms with E-state index in [1.54, 1.807) is 0 Å². The molecule has 138 valence electrons.